The number of alkyl carbamates (subject to hydrolysis) is 1. The predicted octanol–water partition coefficient (Wildman–Crippen LogP) is 1.83. The largest absolute Gasteiger partial charge is 0.494 e. The summed E-state index contributed by atoms with van der Waals surface area (Å²) in [5.41, 5.74) is 1.10. The van der Waals surface area contributed by atoms with Gasteiger partial charge in [0.25, 0.3) is 0 Å². The van der Waals surface area contributed by atoms with E-state index in [0.717, 1.165) is 24.3 Å². The molecule has 1 aliphatic heterocycles. The number of hydrogen-bond donors (Lipinski definition) is 2. The van der Waals surface area contributed by atoms with Crippen molar-refractivity contribution in [2.75, 3.05) is 20.3 Å². The van der Waals surface area contributed by atoms with Crippen molar-refractivity contribution in [1.82, 2.24) is 10.6 Å². The van der Waals surface area contributed by atoms with Crippen LogP contribution in [-0.4, -0.2) is 32.3 Å². The van der Waals surface area contributed by atoms with E-state index < -0.39 is 6.09 Å². The van der Waals surface area contributed by atoms with Crippen molar-refractivity contribution in [3.63, 3.8) is 0 Å². The molecule has 1 aromatic rings. The predicted molar refractivity (Wildman–Crippen MR) is 75.9 cm³/mol. The Morgan fingerprint density at radius 1 is 1.45 bits per heavy atom. The van der Waals surface area contributed by atoms with Crippen molar-refractivity contribution in [3.05, 3.63) is 29.8 Å². The summed E-state index contributed by atoms with van der Waals surface area (Å²) in [4.78, 5) is 15.6. The highest BCUT2D eigenvalue weighted by molar-refractivity contribution is 5.94. The second kappa shape index (κ2) is 6.79. The van der Waals surface area contributed by atoms with Crippen LogP contribution in [0.25, 0.3) is 0 Å². The van der Waals surface area contributed by atoms with Crippen LogP contribution in [0.4, 0.5) is 4.79 Å². The van der Waals surface area contributed by atoms with Gasteiger partial charge in [-0.25, -0.2) is 9.79 Å². The molecule has 0 aliphatic carbocycles. The van der Waals surface area contributed by atoms with Gasteiger partial charge in [0, 0.05) is 6.54 Å². The number of benzene rings is 1. The molecule has 0 radical (unpaired) electrons. The molecule has 1 aromatic carbocycles. The first-order valence-corrected chi connectivity index (χ1v) is 6.62. The van der Waals surface area contributed by atoms with E-state index in [4.69, 9.17) is 4.74 Å². The van der Waals surface area contributed by atoms with Crippen LogP contribution >= 0.6 is 0 Å². The summed E-state index contributed by atoms with van der Waals surface area (Å²) in [6.07, 6.45) is 0.351. The molecule has 20 heavy (non-hydrogen) atoms. The molecule has 1 heterocycles. The molecular weight excluding hydrogens is 258 g/mol. The fourth-order valence-electron chi connectivity index (χ4n) is 2.01. The van der Waals surface area contributed by atoms with Gasteiger partial charge in [0.15, 0.2) is 0 Å². The van der Waals surface area contributed by atoms with Gasteiger partial charge in [0.2, 0.25) is 5.96 Å². The molecule has 1 unspecified atom stereocenters. The monoisotopic (exact) mass is 277 g/mol. The van der Waals surface area contributed by atoms with Crippen LogP contribution in [-0.2, 0) is 4.74 Å². The fourth-order valence-corrected chi connectivity index (χ4v) is 2.01. The molecular formula is C14H19N3O3. The number of rotatable bonds is 3. The maximum atomic E-state index is 11.2. The quantitative estimate of drug-likeness (QED) is 0.884. The number of aliphatic imine (C=N–C) groups is 1. The van der Waals surface area contributed by atoms with Gasteiger partial charge >= 0.3 is 6.09 Å². The molecule has 2 N–H and O–H groups in total. The Balaban J connectivity index is 2.07. The Bertz CT molecular complexity index is 485. The highest BCUT2D eigenvalue weighted by atomic mass is 16.5. The van der Waals surface area contributed by atoms with E-state index >= 15 is 0 Å². The van der Waals surface area contributed by atoms with Crippen molar-refractivity contribution in [2.45, 2.75) is 19.4 Å². The molecule has 2 rings (SSSR count). The lowest BCUT2D eigenvalue weighted by Crippen LogP contribution is -2.44. The molecule has 0 fully saturated rings. The van der Waals surface area contributed by atoms with E-state index in [1.807, 2.05) is 31.2 Å². The maximum absolute atomic E-state index is 11.2. The minimum absolute atomic E-state index is 0.0269. The molecule has 6 nitrogen and oxygen atoms in total. The Labute approximate surface area is 118 Å². The van der Waals surface area contributed by atoms with Gasteiger partial charge in [0.1, 0.15) is 5.75 Å². The highest BCUT2D eigenvalue weighted by Gasteiger charge is 2.17. The van der Waals surface area contributed by atoms with E-state index in [1.54, 1.807) is 0 Å². The first-order chi connectivity index (χ1) is 9.72. The van der Waals surface area contributed by atoms with Gasteiger partial charge in [-0.3, -0.25) is 5.32 Å². The molecule has 0 saturated carbocycles. The Morgan fingerprint density at radius 2 is 2.20 bits per heavy atom. The third-order valence-electron chi connectivity index (χ3n) is 2.98. The highest BCUT2D eigenvalue weighted by Crippen LogP contribution is 2.24. The standard InChI is InChI=1S/C14H19N3O3/c1-3-20-11-6-4-10(5-7-11)12-8-9-15-13(16-12)17-14(18)19-2/h4-7,12H,3,8-9H2,1-2H3,(H2,15,16,17,18). The lowest BCUT2D eigenvalue weighted by molar-refractivity contribution is 0.176. The smallest absolute Gasteiger partial charge is 0.413 e. The van der Waals surface area contributed by atoms with Gasteiger partial charge in [-0.2, -0.15) is 0 Å². The van der Waals surface area contributed by atoms with Crippen LogP contribution in [0.5, 0.6) is 5.75 Å². The molecule has 1 amide bonds. The number of nitrogens with one attached hydrogen (secondary N) is 2. The van der Waals surface area contributed by atoms with Crippen LogP contribution in [0.1, 0.15) is 24.9 Å². The molecule has 1 aliphatic rings. The zero-order chi connectivity index (χ0) is 14.4. The van der Waals surface area contributed by atoms with Crippen molar-refractivity contribution in [1.29, 1.82) is 0 Å². The number of guanidine groups is 1. The number of carbonyl (C=O) groups excluding carboxylic acids is 1. The number of amides is 1. The topological polar surface area (TPSA) is 72.0 Å². The summed E-state index contributed by atoms with van der Waals surface area (Å²) in [6.45, 7) is 3.36. The second-order valence-corrected chi connectivity index (χ2v) is 4.33. The Kier molecular flexibility index (Phi) is 4.81. The Morgan fingerprint density at radius 3 is 2.85 bits per heavy atom. The maximum Gasteiger partial charge on any atom is 0.413 e. The van der Waals surface area contributed by atoms with E-state index in [-0.39, 0.29) is 6.04 Å². The summed E-state index contributed by atoms with van der Waals surface area (Å²) >= 11 is 0. The van der Waals surface area contributed by atoms with Crippen LogP contribution in [0.3, 0.4) is 0 Å². The minimum atomic E-state index is -0.524. The van der Waals surface area contributed by atoms with Crippen LogP contribution in [0.15, 0.2) is 29.3 Å². The van der Waals surface area contributed by atoms with Gasteiger partial charge in [-0.1, -0.05) is 12.1 Å². The van der Waals surface area contributed by atoms with Gasteiger partial charge < -0.3 is 14.8 Å². The van der Waals surface area contributed by atoms with E-state index in [2.05, 4.69) is 20.4 Å². The Hall–Kier alpha value is -2.24. The molecule has 0 spiro atoms. The zero-order valence-corrected chi connectivity index (χ0v) is 11.7. The third-order valence-corrected chi connectivity index (χ3v) is 2.98. The molecule has 1 atom stereocenters. The lowest BCUT2D eigenvalue weighted by Gasteiger charge is -2.22. The fraction of sp³-hybridized carbons (Fsp3) is 0.429. The van der Waals surface area contributed by atoms with Crippen LogP contribution in [0.2, 0.25) is 0 Å². The third kappa shape index (κ3) is 3.63. The number of methoxy groups -OCH3 is 1. The van der Waals surface area contributed by atoms with Gasteiger partial charge in [-0.05, 0) is 31.0 Å². The SMILES string of the molecule is CCOc1ccc(C2CCNC(NC(=O)OC)=N2)cc1. The summed E-state index contributed by atoms with van der Waals surface area (Å²) in [5.74, 6) is 1.30. The molecule has 0 bridgehead atoms. The number of nitrogens with zero attached hydrogens (tertiary/aromatic N) is 1. The van der Waals surface area contributed by atoms with E-state index in [0.29, 0.717) is 12.6 Å². The van der Waals surface area contributed by atoms with Crippen LogP contribution in [0, 0.1) is 0 Å². The van der Waals surface area contributed by atoms with E-state index in [1.165, 1.54) is 7.11 Å². The van der Waals surface area contributed by atoms with Crippen molar-refractivity contribution >= 4 is 12.1 Å². The first kappa shape index (κ1) is 14.2. The molecule has 0 aromatic heterocycles. The summed E-state index contributed by atoms with van der Waals surface area (Å²) in [5, 5.41) is 5.58. The van der Waals surface area contributed by atoms with Gasteiger partial charge in [-0.15, -0.1) is 0 Å². The zero-order valence-electron chi connectivity index (χ0n) is 11.7. The lowest BCUT2D eigenvalue weighted by atomic mass is 10.0. The van der Waals surface area contributed by atoms with Crippen molar-refractivity contribution in [3.8, 4) is 5.75 Å². The van der Waals surface area contributed by atoms with E-state index in [9.17, 15) is 4.79 Å². The summed E-state index contributed by atoms with van der Waals surface area (Å²) in [7, 11) is 1.32. The van der Waals surface area contributed by atoms with Gasteiger partial charge in [0.05, 0.1) is 19.8 Å². The van der Waals surface area contributed by atoms with Crippen molar-refractivity contribution in [2.24, 2.45) is 4.99 Å². The molecule has 6 heteroatoms. The number of ether oxygens (including phenoxy) is 2. The normalized spacial score (nSPS) is 17.7. The molecule has 0 saturated heterocycles. The van der Waals surface area contributed by atoms with Crippen LogP contribution < -0.4 is 15.4 Å². The minimum Gasteiger partial charge on any atom is -0.494 e. The average Bonchev–Trinajstić information content (AvgIpc) is 2.48. The second-order valence-electron chi connectivity index (χ2n) is 4.33. The number of hydrogen-bond acceptors (Lipinski definition) is 5. The first-order valence-electron chi connectivity index (χ1n) is 6.62. The van der Waals surface area contributed by atoms with Crippen molar-refractivity contribution < 1.29 is 14.3 Å². The number of carbonyl (C=O) groups is 1. The summed E-state index contributed by atoms with van der Waals surface area (Å²) < 4.78 is 9.96. The average molecular weight is 277 g/mol. The summed E-state index contributed by atoms with van der Waals surface area (Å²) in [6, 6.07) is 7.90. The molecule has 108 valence electrons.